The molecule has 2 atom stereocenters. The van der Waals surface area contributed by atoms with Crippen LogP contribution in [0.4, 0.5) is 4.79 Å². The minimum atomic E-state index is -0.952. The third kappa shape index (κ3) is 8.63. The molecule has 8 heteroatoms. The zero-order valence-corrected chi connectivity index (χ0v) is 20.1. The fourth-order valence-corrected chi connectivity index (χ4v) is 3.22. The molecule has 0 aliphatic heterocycles. The van der Waals surface area contributed by atoms with Crippen LogP contribution in [0.1, 0.15) is 57.2 Å². The van der Waals surface area contributed by atoms with Crippen LogP contribution in [0, 0.1) is 5.92 Å². The number of rotatable bonds is 10. The molecule has 1 aromatic heterocycles. The van der Waals surface area contributed by atoms with Crippen molar-refractivity contribution in [3.05, 3.63) is 54.0 Å². The fraction of sp³-hybridized carbons (Fsp3) is 0.480. The number of ether oxygens (including phenoxy) is 2. The Kier molecular flexibility index (Phi) is 9.08. The number of methoxy groups -OCH3 is 1. The maximum absolute atomic E-state index is 13.2. The number of hydrogen-bond donors (Lipinski definition) is 2. The SMILES string of the molecule is COc1ccc(C[C@H](NC(=O)OC(C)(C)C)C(=O)N[C@@H](CC(C)C)C(=O)c2ccco2)cc1. The number of Topliss-reactive ketones (excluding diaryl/α,β-unsaturated/α-hetero) is 1. The molecule has 2 rings (SSSR count). The lowest BCUT2D eigenvalue weighted by Gasteiger charge is -2.25. The summed E-state index contributed by atoms with van der Waals surface area (Å²) in [5, 5.41) is 5.45. The van der Waals surface area contributed by atoms with Gasteiger partial charge in [-0.05, 0) is 62.9 Å². The van der Waals surface area contributed by atoms with E-state index in [2.05, 4.69) is 10.6 Å². The third-order valence-electron chi connectivity index (χ3n) is 4.71. The molecule has 1 aromatic carbocycles. The van der Waals surface area contributed by atoms with E-state index in [1.165, 1.54) is 6.26 Å². The smallest absolute Gasteiger partial charge is 0.408 e. The van der Waals surface area contributed by atoms with Gasteiger partial charge in [0, 0.05) is 6.42 Å². The van der Waals surface area contributed by atoms with Gasteiger partial charge < -0.3 is 24.5 Å². The summed E-state index contributed by atoms with van der Waals surface area (Å²) in [6, 6.07) is 8.63. The van der Waals surface area contributed by atoms with Gasteiger partial charge in [0.2, 0.25) is 11.7 Å². The average molecular weight is 459 g/mol. The molecule has 0 saturated heterocycles. The van der Waals surface area contributed by atoms with Gasteiger partial charge in [-0.2, -0.15) is 0 Å². The molecule has 0 unspecified atom stereocenters. The third-order valence-corrected chi connectivity index (χ3v) is 4.71. The quantitative estimate of drug-likeness (QED) is 0.518. The van der Waals surface area contributed by atoms with E-state index in [4.69, 9.17) is 13.9 Å². The first kappa shape index (κ1) is 26.0. The molecule has 1 heterocycles. The van der Waals surface area contributed by atoms with Crippen molar-refractivity contribution in [1.82, 2.24) is 10.6 Å². The summed E-state index contributed by atoms with van der Waals surface area (Å²) < 4.78 is 15.7. The van der Waals surface area contributed by atoms with Gasteiger partial charge in [0.1, 0.15) is 17.4 Å². The van der Waals surface area contributed by atoms with Crippen LogP contribution in [0.2, 0.25) is 0 Å². The second-order valence-corrected chi connectivity index (χ2v) is 9.28. The van der Waals surface area contributed by atoms with Crippen molar-refractivity contribution in [2.24, 2.45) is 5.92 Å². The Morgan fingerprint density at radius 1 is 1.00 bits per heavy atom. The zero-order valence-electron chi connectivity index (χ0n) is 20.1. The molecule has 33 heavy (non-hydrogen) atoms. The van der Waals surface area contributed by atoms with Crippen molar-refractivity contribution in [2.75, 3.05) is 7.11 Å². The van der Waals surface area contributed by atoms with Crippen LogP contribution in [-0.4, -0.2) is 42.6 Å². The van der Waals surface area contributed by atoms with E-state index < -0.39 is 29.7 Å². The standard InChI is InChI=1S/C25H34N2O6/c1-16(2)14-19(22(28)21-8-7-13-32-21)26-23(29)20(27-24(30)33-25(3,4)5)15-17-9-11-18(31-6)12-10-17/h7-13,16,19-20H,14-15H2,1-6H3,(H,26,29)(H,27,30)/t19-,20-/m0/s1. The van der Waals surface area contributed by atoms with Gasteiger partial charge in [0.15, 0.2) is 5.76 Å². The van der Waals surface area contributed by atoms with Gasteiger partial charge >= 0.3 is 6.09 Å². The minimum Gasteiger partial charge on any atom is -0.497 e. The summed E-state index contributed by atoms with van der Waals surface area (Å²) in [5.41, 5.74) is 0.0884. The number of amides is 2. The van der Waals surface area contributed by atoms with E-state index in [0.717, 1.165) is 5.56 Å². The number of hydrogen-bond acceptors (Lipinski definition) is 6. The molecule has 0 fully saturated rings. The second kappa shape index (κ2) is 11.5. The van der Waals surface area contributed by atoms with Crippen LogP contribution in [0.5, 0.6) is 5.75 Å². The lowest BCUT2D eigenvalue weighted by Crippen LogP contribution is -2.53. The maximum Gasteiger partial charge on any atom is 0.408 e. The molecule has 8 nitrogen and oxygen atoms in total. The zero-order chi connectivity index (χ0) is 24.6. The van der Waals surface area contributed by atoms with Crippen LogP contribution in [-0.2, 0) is 16.0 Å². The lowest BCUT2D eigenvalue weighted by molar-refractivity contribution is -0.123. The fourth-order valence-electron chi connectivity index (χ4n) is 3.22. The van der Waals surface area contributed by atoms with Gasteiger partial charge in [-0.25, -0.2) is 4.79 Å². The van der Waals surface area contributed by atoms with Crippen LogP contribution in [0.3, 0.4) is 0 Å². The van der Waals surface area contributed by atoms with E-state index in [1.54, 1.807) is 52.1 Å². The summed E-state index contributed by atoms with van der Waals surface area (Å²) in [6.45, 7) is 9.15. The Hall–Kier alpha value is -3.29. The highest BCUT2D eigenvalue weighted by Crippen LogP contribution is 2.16. The number of nitrogens with one attached hydrogen (secondary N) is 2. The monoisotopic (exact) mass is 458 g/mol. The number of ketones is 1. The highest BCUT2D eigenvalue weighted by atomic mass is 16.6. The Balaban J connectivity index is 2.22. The molecule has 0 spiro atoms. The van der Waals surface area contributed by atoms with E-state index in [0.29, 0.717) is 12.2 Å². The topological polar surface area (TPSA) is 107 Å². The molecule has 0 radical (unpaired) electrons. The van der Waals surface area contributed by atoms with Crippen molar-refractivity contribution < 1.29 is 28.3 Å². The van der Waals surface area contributed by atoms with E-state index in [1.807, 2.05) is 26.0 Å². The average Bonchev–Trinajstić information content (AvgIpc) is 3.26. The largest absolute Gasteiger partial charge is 0.497 e. The van der Waals surface area contributed by atoms with Crippen molar-refractivity contribution in [1.29, 1.82) is 0 Å². The lowest BCUT2D eigenvalue weighted by atomic mass is 9.98. The summed E-state index contributed by atoms with van der Waals surface area (Å²) >= 11 is 0. The normalized spacial score (nSPS) is 13.2. The van der Waals surface area contributed by atoms with Crippen LogP contribution < -0.4 is 15.4 Å². The molecule has 2 aromatic rings. The summed E-state index contributed by atoms with van der Waals surface area (Å²) in [4.78, 5) is 38.6. The first-order chi connectivity index (χ1) is 15.5. The van der Waals surface area contributed by atoms with Crippen LogP contribution in [0.25, 0.3) is 0 Å². The molecule has 2 N–H and O–H groups in total. The number of furan rings is 1. The van der Waals surface area contributed by atoms with Crippen molar-refractivity contribution in [3.63, 3.8) is 0 Å². The summed E-state index contributed by atoms with van der Waals surface area (Å²) in [6.07, 6.45) is 1.33. The highest BCUT2D eigenvalue weighted by molar-refractivity contribution is 6.00. The molecule has 0 aliphatic rings. The first-order valence-corrected chi connectivity index (χ1v) is 11.0. The van der Waals surface area contributed by atoms with Gasteiger partial charge in [-0.1, -0.05) is 26.0 Å². The van der Waals surface area contributed by atoms with E-state index in [9.17, 15) is 14.4 Å². The molecular formula is C25H34N2O6. The number of carbonyl (C=O) groups excluding carboxylic acids is 3. The molecule has 0 saturated carbocycles. The maximum atomic E-state index is 13.2. The summed E-state index contributed by atoms with van der Waals surface area (Å²) in [5.74, 6) is 0.200. The molecule has 0 bridgehead atoms. The second-order valence-electron chi connectivity index (χ2n) is 9.28. The Morgan fingerprint density at radius 2 is 1.67 bits per heavy atom. The predicted octanol–water partition coefficient (Wildman–Crippen LogP) is 4.14. The van der Waals surface area contributed by atoms with Gasteiger partial charge in [-0.15, -0.1) is 0 Å². The molecule has 180 valence electrons. The van der Waals surface area contributed by atoms with Crippen molar-refractivity contribution >= 4 is 17.8 Å². The van der Waals surface area contributed by atoms with E-state index in [-0.39, 0.29) is 23.9 Å². The molecular weight excluding hydrogens is 424 g/mol. The Labute approximate surface area is 195 Å². The van der Waals surface area contributed by atoms with E-state index >= 15 is 0 Å². The number of carbonyl (C=O) groups is 3. The number of benzene rings is 1. The minimum absolute atomic E-state index is 0.146. The first-order valence-electron chi connectivity index (χ1n) is 11.0. The van der Waals surface area contributed by atoms with Gasteiger partial charge in [0.25, 0.3) is 0 Å². The van der Waals surface area contributed by atoms with Crippen LogP contribution in [0.15, 0.2) is 47.1 Å². The highest BCUT2D eigenvalue weighted by Gasteiger charge is 2.30. The number of alkyl carbamates (subject to hydrolysis) is 1. The predicted molar refractivity (Wildman–Crippen MR) is 124 cm³/mol. The summed E-state index contributed by atoms with van der Waals surface area (Å²) in [7, 11) is 1.57. The Morgan fingerprint density at radius 3 is 2.18 bits per heavy atom. The van der Waals surface area contributed by atoms with Crippen molar-refractivity contribution in [2.45, 2.75) is 65.1 Å². The van der Waals surface area contributed by atoms with Gasteiger partial charge in [0.05, 0.1) is 19.4 Å². The molecule has 2 amide bonds. The molecule has 0 aliphatic carbocycles. The van der Waals surface area contributed by atoms with Gasteiger partial charge in [-0.3, -0.25) is 9.59 Å². The van der Waals surface area contributed by atoms with Crippen molar-refractivity contribution in [3.8, 4) is 5.75 Å². The van der Waals surface area contributed by atoms with Crippen LogP contribution >= 0.6 is 0 Å². The Bertz CT molecular complexity index is 913.